The van der Waals surface area contributed by atoms with Gasteiger partial charge in [0.05, 0.1) is 40.3 Å². The molecule has 1 amide bonds. The molecule has 0 bridgehead atoms. The van der Waals surface area contributed by atoms with Crippen LogP contribution >= 0.6 is 8.58 Å². The lowest BCUT2D eigenvalue weighted by molar-refractivity contribution is -0.123. The summed E-state index contributed by atoms with van der Waals surface area (Å²) in [5.74, 6) is 0.110. The van der Waals surface area contributed by atoms with Crippen LogP contribution in [0.5, 0.6) is 0 Å². The van der Waals surface area contributed by atoms with E-state index in [2.05, 4.69) is 42.0 Å². The summed E-state index contributed by atoms with van der Waals surface area (Å²) in [6, 6.07) is 2.09. The van der Waals surface area contributed by atoms with Crippen molar-refractivity contribution < 1.29 is 4.79 Å². The number of amides is 1. The molecule has 2 unspecified atom stereocenters. The van der Waals surface area contributed by atoms with Crippen molar-refractivity contribution in [3.8, 4) is 0 Å². The second-order valence-corrected chi connectivity index (χ2v) is 9.95. The van der Waals surface area contributed by atoms with Gasteiger partial charge in [0.25, 0.3) is 5.91 Å². The van der Waals surface area contributed by atoms with Crippen molar-refractivity contribution in [3.63, 3.8) is 0 Å². The summed E-state index contributed by atoms with van der Waals surface area (Å²) in [5, 5.41) is 5.82. The van der Waals surface area contributed by atoms with Gasteiger partial charge in [-0.2, -0.15) is 5.10 Å². The second-order valence-electron chi connectivity index (χ2n) is 8.53. The number of nitrogens with zero attached hydrogens (tertiary/aromatic N) is 6. The number of carbonyl (C=O) groups excluding carboxylic acids is 1. The Kier molecular flexibility index (Phi) is 5.40. The fourth-order valence-electron chi connectivity index (χ4n) is 4.40. The Morgan fingerprint density at radius 3 is 2.81 bits per heavy atom. The monoisotopic (exact) mass is 436 g/mol. The molecule has 5 heterocycles. The number of piperazine rings is 1. The van der Waals surface area contributed by atoms with Gasteiger partial charge in [0.1, 0.15) is 0 Å². The molecule has 5 rings (SSSR count). The molecule has 1 fully saturated rings. The topological polar surface area (TPSA) is 57.0 Å². The number of fused-ring (bicyclic) bond motifs is 2. The fourth-order valence-corrected chi connectivity index (χ4v) is 5.73. The summed E-state index contributed by atoms with van der Waals surface area (Å²) in [6.07, 6.45) is 12.1. The zero-order valence-electron chi connectivity index (χ0n) is 18.4. The third-order valence-electron chi connectivity index (χ3n) is 6.13. The first-order valence-electron chi connectivity index (χ1n) is 11.0. The van der Waals surface area contributed by atoms with Crippen LogP contribution in [0, 0.1) is 6.92 Å². The molecule has 3 aliphatic rings. The van der Waals surface area contributed by atoms with Crippen LogP contribution in [-0.4, -0.2) is 74.2 Å². The summed E-state index contributed by atoms with van der Waals surface area (Å²) in [4.78, 5) is 24.3. The van der Waals surface area contributed by atoms with E-state index in [0.717, 1.165) is 72.6 Å². The van der Waals surface area contributed by atoms with Crippen molar-refractivity contribution in [3.05, 3.63) is 59.5 Å². The minimum absolute atomic E-state index is 0.0369. The minimum atomic E-state index is 0.0369. The van der Waals surface area contributed by atoms with Crippen LogP contribution in [0.3, 0.4) is 0 Å². The number of aromatic nitrogens is 3. The lowest BCUT2D eigenvalue weighted by Gasteiger charge is -2.39. The second kappa shape index (κ2) is 8.21. The normalized spacial score (nSPS) is 22.8. The maximum Gasteiger partial charge on any atom is 0.252 e. The zero-order valence-corrected chi connectivity index (χ0v) is 19.4. The van der Waals surface area contributed by atoms with E-state index in [9.17, 15) is 4.79 Å². The first-order valence-corrected chi connectivity index (χ1v) is 12.1. The molecular formula is C23H29N6OP. The molecule has 2 aromatic heterocycles. The van der Waals surface area contributed by atoms with Gasteiger partial charge in [-0.15, -0.1) is 0 Å². The van der Waals surface area contributed by atoms with Gasteiger partial charge in [0.2, 0.25) is 0 Å². The molecule has 0 saturated carbocycles. The Bertz CT molecular complexity index is 1110. The van der Waals surface area contributed by atoms with Crippen molar-refractivity contribution >= 4 is 25.3 Å². The number of allylic oxidation sites excluding steroid dienone is 1. The predicted molar refractivity (Wildman–Crippen MR) is 125 cm³/mol. The highest BCUT2D eigenvalue weighted by molar-refractivity contribution is 7.51. The van der Waals surface area contributed by atoms with E-state index in [-0.39, 0.29) is 11.7 Å². The van der Waals surface area contributed by atoms with Crippen LogP contribution < -0.4 is 0 Å². The Balaban J connectivity index is 1.41. The largest absolute Gasteiger partial charge is 0.368 e. The molecule has 8 heteroatoms. The smallest absolute Gasteiger partial charge is 0.252 e. The predicted octanol–water partition coefficient (Wildman–Crippen LogP) is 2.84. The summed E-state index contributed by atoms with van der Waals surface area (Å²) >= 11 is 0. The highest BCUT2D eigenvalue weighted by Crippen LogP contribution is 2.44. The number of hydrogen-bond donors (Lipinski definition) is 0. The number of aryl methyl sites for hydroxylation is 2. The average molecular weight is 437 g/mol. The maximum absolute atomic E-state index is 13.0. The quantitative estimate of drug-likeness (QED) is 0.690. The summed E-state index contributed by atoms with van der Waals surface area (Å²) < 4.78 is 1.92. The van der Waals surface area contributed by atoms with Gasteiger partial charge in [-0.3, -0.25) is 9.78 Å². The van der Waals surface area contributed by atoms with Crippen molar-refractivity contribution in [1.29, 1.82) is 0 Å². The molecule has 2 aromatic rings. The average Bonchev–Trinajstić information content (AvgIpc) is 3.18. The maximum atomic E-state index is 13.0. The first kappa shape index (κ1) is 20.4. The first-order chi connectivity index (χ1) is 15.0. The Morgan fingerprint density at radius 1 is 1.23 bits per heavy atom. The third-order valence-corrected chi connectivity index (χ3v) is 7.61. The van der Waals surface area contributed by atoms with E-state index >= 15 is 0 Å². The molecule has 162 valence electrons. The lowest BCUT2D eigenvalue weighted by atomic mass is 10.2. The molecule has 7 nitrogen and oxygen atoms in total. The third kappa shape index (κ3) is 3.92. The van der Waals surface area contributed by atoms with Crippen LogP contribution in [0.4, 0.5) is 0 Å². The SMILES string of the molecule is CCCc1nc(C)cn2nc(C3=CC(=O)N4C=C(N5CCN(C)CC5)C=CC4P3)cc12. The highest BCUT2D eigenvalue weighted by Gasteiger charge is 2.30. The van der Waals surface area contributed by atoms with Gasteiger partial charge >= 0.3 is 0 Å². The van der Waals surface area contributed by atoms with Crippen molar-refractivity contribution in [2.45, 2.75) is 32.5 Å². The molecule has 3 aliphatic heterocycles. The van der Waals surface area contributed by atoms with E-state index in [1.54, 1.807) is 6.08 Å². The van der Waals surface area contributed by atoms with Crippen LogP contribution in [0.2, 0.25) is 0 Å². The molecule has 2 atom stereocenters. The molecule has 0 radical (unpaired) electrons. The van der Waals surface area contributed by atoms with Gasteiger partial charge in [-0.1, -0.05) is 28.0 Å². The molecule has 0 aliphatic carbocycles. The van der Waals surface area contributed by atoms with Crippen molar-refractivity contribution in [2.75, 3.05) is 33.2 Å². The van der Waals surface area contributed by atoms with E-state index < -0.39 is 0 Å². The molecule has 0 spiro atoms. The van der Waals surface area contributed by atoms with E-state index in [4.69, 9.17) is 10.1 Å². The fraction of sp³-hybridized carbons (Fsp3) is 0.435. The standard InChI is InChI=1S/C23H29N6OP/c1-4-5-18-20-12-19(25-29(20)14-16(2)24-18)21-13-22(30)28-15-17(6-7-23(28)31-21)27-10-8-26(3)9-11-27/h6-7,12-15,23,31H,4-5,8-11H2,1-3H3. The number of rotatable bonds is 4. The van der Waals surface area contributed by atoms with E-state index in [0.29, 0.717) is 8.58 Å². The number of likely N-dealkylation sites (N-methyl/N-ethyl adjacent to an activating group) is 1. The summed E-state index contributed by atoms with van der Waals surface area (Å²) in [5.41, 5.74) is 5.10. The summed E-state index contributed by atoms with van der Waals surface area (Å²) in [6.45, 7) is 8.26. The zero-order chi connectivity index (χ0) is 21.5. The molecule has 0 N–H and O–H groups in total. The number of hydrogen-bond acceptors (Lipinski definition) is 5. The molecule has 1 saturated heterocycles. The summed E-state index contributed by atoms with van der Waals surface area (Å²) in [7, 11) is 2.63. The molecule has 31 heavy (non-hydrogen) atoms. The number of carbonyl (C=O) groups is 1. The minimum Gasteiger partial charge on any atom is -0.368 e. The van der Waals surface area contributed by atoms with Crippen LogP contribution in [-0.2, 0) is 11.2 Å². The van der Waals surface area contributed by atoms with Crippen LogP contribution in [0.15, 0.2) is 42.4 Å². The Hall–Kier alpha value is -2.50. The van der Waals surface area contributed by atoms with Gasteiger partial charge in [-0.25, -0.2) is 4.52 Å². The van der Waals surface area contributed by atoms with Crippen LogP contribution in [0.1, 0.15) is 30.4 Å². The van der Waals surface area contributed by atoms with Gasteiger partial charge in [-0.05, 0) is 32.5 Å². The van der Waals surface area contributed by atoms with Gasteiger partial charge in [0.15, 0.2) is 0 Å². The Morgan fingerprint density at radius 2 is 2.03 bits per heavy atom. The molecule has 0 aromatic carbocycles. The Labute approximate surface area is 184 Å². The lowest BCUT2D eigenvalue weighted by Crippen LogP contribution is -2.45. The van der Waals surface area contributed by atoms with Gasteiger partial charge < -0.3 is 14.7 Å². The van der Waals surface area contributed by atoms with E-state index in [1.165, 1.54) is 0 Å². The van der Waals surface area contributed by atoms with Crippen LogP contribution in [0.25, 0.3) is 10.8 Å². The van der Waals surface area contributed by atoms with Crippen molar-refractivity contribution in [2.24, 2.45) is 0 Å². The van der Waals surface area contributed by atoms with E-state index in [1.807, 2.05) is 28.7 Å². The molecular weight excluding hydrogens is 407 g/mol. The van der Waals surface area contributed by atoms with Crippen molar-refractivity contribution in [1.82, 2.24) is 29.3 Å². The van der Waals surface area contributed by atoms with Gasteiger partial charge in [0, 0.05) is 43.8 Å². The highest BCUT2D eigenvalue weighted by atomic mass is 31.1.